The summed E-state index contributed by atoms with van der Waals surface area (Å²) in [5.74, 6) is 0.780. The predicted octanol–water partition coefficient (Wildman–Crippen LogP) is 5.05. The SMILES string of the molecule is Clc1cccc(Nc2ncnc3ccccc23)c1.c1cnc2cncnc2c1. The minimum atomic E-state index is 0.693. The van der Waals surface area contributed by atoms with Crippen molar-refractivity contribution in [2.24, 2.45) is 0 Å². The highest BCUT2D eigenvalue weighted by atomic mass is 35.5. The lowest BCUT2D eigenvalue weighted by atomic mass is 10.2. The van der Waals surface area contributed by atoms with Crippen LogP contribution in [0.1, 0.15) is 0 Å². The van der Waals surface area contributed by atoms with Gasteiger partial charge in [0.15, 0.2) is 0 Å². The van der Waals surface area contributed by atoms with E-state index in [1.807, 2.05) is 60.7 Å². The van der Waals surface area contributed by atoms with E-state index in [2.05, 4.69) is 30.2 Å². The third-order valence-corrected chi connectivity index (χ3v) is 4.14. The van der Waals surface area contributed by atoms with E-state index < -0.39 is 0 Å². The molecule has 5 rings (SSSR count). The summed E-state index contributed by atoms with van der Waals surface area (Å²) in [6, 6.07) is 19.2. The first-order chi connectivity index (χ1) is 13.8. The van der Waals surface area contributed by atoms with Crippen molar-refractivity contribution in [3.05, 3.63) is 90.7 Å². The van der Waals surface area contributed by atoms with E-state index in [4.69, 9.17) is 11.6 Å². The van der Waals surface area contributed by atoms with Gasteiger partial charge in [-0.15, -0.1) is 0 Å². The van der Waals surface area contributed by atoms with Gasteiger partial charge in [0.05, 0.1) is 17.2 Å². The smallest absolute Gasteiger partial charge is 0.141 e. The van der Waals surface area contributed by atoms with Crippen molar-refractivity contribution in [1.82, 2.24) is 24.9 Å². The number of hydrogen-bond acceptors (Lipinski definition) is 6. The molecule has 0 aliphatic rings. The number of nitrogens with zero attached hydrogens (tertiary/aromatic N) is 5. The lowest BCUT2D eigenvalue weighted by Crippen LogP contribution is -1.95. The summed E-state index contributed by atoms with van der Waals surface area (Å²) < 4.78 is 0. The molecule has 5 aromatic rings. The summed E-state index contributed by atoms with van der Waals surface area (Å²) in [5, 5.41) is 4.93. The number of hydrogen-bond donors (Lipinski definition) is 1. The molecule has 28 heavy (non-hydrogen) atoms. The molecule has 6 nitrogen and oxygen atoms in total. The number of fused-ring (bicyclic) bond motifs is 2. The van der Waals surface area contributed by atoms with Gasteiger partial charge in [0.1, 0.15) is 24.0 Å². The standard InChI is InChI=1S/C14H10ClN3.C7H5N3/c15-10-4-3-5-11(8-10)18-14-12-6-1-2-7-13(12)16-9-17-14;1-2-6-7(9-3-1)4-8-5-10-6/h1-9H,(H,16,17,18);1-5H. The minimum absolute atomic E-state index is 0.693. The molecule has 3 aromatic heterocycles. The Morgan fingerprint density at radius 3 is 2.46 bits per heavy atom. The van der Waals surface area contributed by atoms with Crippen LogP contribution in [0.5, 0.6) is 0 Å². The van der Waals surface area contributed by atoms with Crippen LogP contribution in [0.4, 0.5) is 11.5 Å². The van der Waals surface area contributed by atoms with E-state index in [0.29, 0.717) is 5.02 Å². The second kappa shape index (κ2) is 8.37. The van der Waals surface area contributed by atoms with Crippen LogP contribution in [-0.2, 0) is 0 Å². The molecule has 0 fully saturated rings. The fourth-order valence-corrected chi connectivity index (χ4v) is 2.81. The average Bonchev–Trinajstić information content (AvgIpc) is 2.75. The highest BCUT2D eigenvalue weighted by Gasteiger charge is 2.03. The molecular weight excluding hydrogens is 372 g/mol. The zero-order chi connectivity index (χ0) is 19.2. The highest BCUT2D eigenvalue weighted by Crippen LogP contribution is 2.24. The molecule has 2 aromatic carbocycles. The molecule has 0 unspecified atom stereocenters. The van der Waals surface area contributed by atoms with Crippen LogP contribution in [0.15, 0.2) is 85.7 Å². The monoisotopic (exact) mass is 386 g/mol. The summed E-state index contributed by atoms with van der Waals surface area (Å²) >= 11 is 5.96. The largest absolute Gasteiger partial charge is 0.340 e. The number of nitrogens with one attached hydrogen (secondary N) is 1. The third kappa shape index (κ3) is 4.19. The highest BCUT2D eigenvalue weighted by molar-refractivity contribution is 6.30. The number of benzene rings is 2. The van der Waals surface area contributed by atoms with Crippen molar-refractivity contribution in [3.8, 4) is 0 Å². The summed E-state index contributed by atoms with van der Waals surface area (Å²) in [5.41, 5.74) is 3.55. The first kappa shape index (κ1) is 17.8. The van der Waals surface area contributed by atoms with Crippen LogP contribution < -0.4 is 5.32 Å². The Morgan fingerprint density at radius 1 is 0.714 bits per heavy atom. The van der Waals surface area contributed by atoms with Crippen molar-refractivity contribution in [2.75, 3.05) is 5.32 Å². The number of rotatable bonds is 2. The zero-order valence-electron chi connectivity index (χ0n) is 14.7. The van der Waals surface area contributed by atoms with Crippen molar-refractivity contribution >= 4 is 45.0 Å². The number of aromatic nitrogens is 5. The van der Waals surface area contributed by atoms with E-state index >= 15 is 0 Å². The fourth-order valence-electron chi connectivity index (χ4n) is 2.62. The summed E-state index contributed by atoms with van der Waals surface area (Å²) in [7, 11) is 0. The molecule has 7 heteroatoms. The van der Waals surface area contributed by atoms with Crippen LogP contribution in [0, 0.1) is 0 Å². The van der Waals surface area contributed by atoms with Gasteiger partial charge in [-0.2, -0.15) is 0 Å². The number of anilines is 2. The van der Waals surface area contributed by atoms with Crippen LogP contribution in [0.25, 0.3) is 21.9 Å². The first-order valence-corrected chi connectivity index (χ1v) is 8.90. The molecular formula is C21H15ClN6. The molecule has 0 saturated heterocycles. The number of pyridine rings is 1. The molecule has 0 bridgehead atoms. The van der Waals surface area contributed by atoms with Gasteiger partial charge in [0, 0.05) is 22.3 Å². The van der Waals surface area contributed by atoms with Gasteiger partial charge in [-0.3, -0.25) is 4.98 Å². The fraction of sp³-hybridized carbons (Fsp3) is 0. The molecule has 0 atom stereocenters. The van der Waals surface area contributed by atoms with Crippen LogP contribution in [0.3, 0.4) is 0 Å². The normalized spacial score (nSPS) is 10.3. The number of halogens is 1. The van der Waals surface area contributed by atoms with Gasteiger partial charge in [-0.1, -0.05) is 29.8 Å². The van der Waals surface area contributed by atoms with E-state index in [-0.39, 0.29) is 0 Å². The van der Waals surface area contributed by atoms with Gasteiger partial charge in [0.2, 0.25) is 0 Å². The topological polar surface area (TPSA) is 76.5 Å². The maximum Gasteiger partial charge on any atom is 0.141 e. The Balaban J connectivity index is 0.000000162. The lowest BCUT2D eigenvalue weighted by molar-refractivity contribution is 1.20. The van der Waals surface area contributed by atoms with Gasteiger partial charge >= 0.3 is 0 Å². The van der Waals surface area contributed by atoms with Crippen LogP contribution >= 0.6 is 11.6 Å². The van der Waals surface area contributed by atoms with Crippen LogP contribution in [0.2, 0.25) is 5.02 Å². The summed E-state index contributed by atoms with van der Waals surface area (Å²) in [4.78, 5) is 20.4. The lowest BCUT2D eigenvalue weighted by Gasteiger charge is -2.08. The third-order valence-electron chi connectivity index (χ3n) is 3.91. The van der Waals surface area contributed by atoms with Gasteiger partial charge in [0.25, 0.3) is 0 Å². The first-order valence-electron chi connectivity index (χ1n) is 8.53. The Morgan fingerprint density at radius 2 is 1.57 bits per heavy atom. The van der Waals surface area contributed by atoms with E-state index in [1.54, 1.807) is 18.7 Å². The minimum Gasteiger partial charge on any atom is -0.340 e. The van der Waals surface area contributed by atoms with Crippen LogP contribution in [-0.4, -0.2) is 24.9 Å². The Kier molecular flexibility index (Phi) is 5.31. The van der Waals surface area contributed by atoms with E-state index in [1.165, 1.54) is 6.33 Å². The van der Waals surface area contributed by atoms with E-state index in [9.17, 15) is 0 Å². The van der Waals surface area contributed by atoms with Gasteiger partial charge in [-0.05, 0) is 42.5 Å². The molecule has 0 spiro atoms. The maximum atomic E-state index is 5.96. The Bertz CT molecular complexity index is 1160. The second-order valence-electron chi connectivity index (χ2n) is 5.81. The second-order valence-corrected chi connectivity index (χ2v) is 6.24. The van der Waals surface area contributed by atoms with Crippen molar-refractivity contribution in [1.29, 1.82) is 0 Å². The van der Waals surface area contributed by atoms with Gasteiger partial charge < -0.3 is 5.32 Å². The molecule has 0 aliphatic heterocycles. The van der Waals surface area contributed by atoms with E-state index in [0.717, 1.165) is 33.4 Å². The zero-order valence-corrected chi connectivity index (χ0v) is 15.5. The number of para-hydroxylation sites is 1. The summed E-state index contributed by atoms with van der Waals surface area (Å²) in [6.45, 7) is 0. The molecule has 0 radical (unpaired) electrons. The Labute approximate surface area is 166 Å². The van der Waals surface area contributed by atoms with Crippen molar-refractivity contribution in [3.63, 3.8) is 0 Å². The molecule has 0 amide bonds. The maximum absolute atomic E-state index is 5.96. The molecule has 0 saturated carbocycles. The average molecular weight is 387 g/mol. The van der Waals surface area contributed by atoms with Gasteiger partial charge in [-0.25, -0.2) is 19.9 Å². The Hall–Kier alpha value is -3.64. The molecule has 1 N–H and O–H groups in total. The molecule has 0 aliphatic carbocycles. The predicted molar refractivity (Wildman–Crippen MR) is 112 cm³/mol. The molecule has 136 valence electrons. The quantitative estimate of drug-likeness (QED) is 0.457. The van der Waals surface area contributed by atoms with Crippen molar-refractivity contribution < 1.29 is 0 Å². The summed E-state index contributed by atoms with van der Waals surface area (Å²) in [6.07, 6.45) is 6.49. The van der Waals surface area contributed by atoms with Crippen molar-refractivity contribution in [2.45, 2.75) is 0 Å². The molecule has 3 heterocycles.